The SMILES string of the molecule is C.CCCC#Cc1ccc(Cl)c(CO)c1.CCCCCc1ccc(Cl)c(CBr)c1.CCCCCc1ccc(Cl)c(CO)c1.OCc1cc(I)ccc1Cl. The molecule has 0 aliphatic carbocycles. The lowest BCUT2D eigenvalue weighted by atomic mass is 10.0. The lowest BCUT2D eigenvalue weighted by molar-refractivity contribution is 0.281. The molecule has 4 rings (SSSR count). The van der Waals surface area contributed by atoms with Crippen molar-refractivity contribution in [1.29, 1.82) is 0 Å². The van der Waals surface area contributed by atoms with E-state index in [0.29, 0.717) is 15.1 Å². The van der Waals surface area contributed by atoms with Gasteiger partial charge in [0.2, 0.25) is 0 Å². The quantitative estimate of drug-likeness (QED) is 0.0541. The Kier molecular flexibility index (Phi) is 31.1. The van der Waals surface area contributed by atoms with Gasteiger partial charge < -0.3 is 15.3 Å². The number of halogens is 6. The van der Waals surface area contributed by atoms with Crippen molar-refractivity contribution in [2.45, 2.75) is 118 Å². The summed E-state index contributed by atoms with van der Waals surface area (Å²) in [5, 5.41) is 30.3. The fourth-order valence-electron chi connectivity index (χ4n) is 4.68. The van der Waals surface area contributed by atoms with Crippen LogP contribution in [-0.4, -0.2) is 15.3 Å². The van der Waals surface area contributed by atoms with Crippen LogP contribution in [0.2, 0.25) is 20.1 Å². The Morgan fingerprint density at radius 1 is 0.566 bits per heavy atom. The van der Waals surface area contributed by atoms with Crippen molar-refractivity contribution in [2.75, 3.05) is 0 Å². The molecule has 0 fully saturated rings. The van der Waals surface area contributed by atoms with Gasteiger partial charge in [0.05, 0.1) is 19.8 Å². The van der Waals surface area contributed by atoms with E-state index in [9.17, 15) is 0 Å². The van der Waals surface area contributed by atoms with Crippen molar-refractivity contribution in [3.8, 4) is 11.8 Å². The third-order valence-electron chi connectivity index (χ3n) is 7.67. The molecule has 9 heteroatoms. The number of alkyl halides is 1. The third kappa shape index (κ3) is 22.1. The second-order valence-corrected chi connectivity index (χ2v) is 15.4. The molecular weight excluding hydrogens is 925 g/mol. The monoisotopic (exact) mass is 978 g/mol. The average molecular weight is 982 g/mol. The lowest BCUT2D eigenvalue weighted by Gasteiger charge is -2.05. The normalized spacial score (nSPS) is 9.89. The van der Waals surface area contributed by atoms with E-state index in [1.807, 2.05) is 48.5 Å². The van der Waals surface area contributed by atoms with Crippen molar-refractivity contribution in [2.24, 2.45) is 0 Å². The Morgan fingerprint density at radius 3 is 1.45 bits per heavy atom. The highest BCUT2D eigenvalue weighted by Crippen LogP contribution is 2.22. The highest BCUT2D eigenvalue weighted by molar-refractivity contribution is 14.1. The van der Waals surface area contributed by atoms with Crippen LogP contribution in [0, 0.1) is 15.4 Å². The van der Waals surface area contributed by atoms with Crippen molar-refractivity contribution in [1.82, 2.24) is 0 Å². The van der Waals surface area contributed by atoms with Crippen LogP contribution in [0.15, 0.2) is 72.8 Å². The Hall–Kier alpha value is -1.31. The van der Waals surface area contributed by atoms with E-state index in [2.05, 4.69) is 83.3 Å². The molecule has 0 aliphatic rings. The molecule has 0 bridgehead atoms. The van der Waals surface area contributed by atoms with Crippen LogP contribution in [0.1, 0.15) is 119 Å². The third-order valence-corrected chi connectivity index (χ3v) is 10.4. The zero-order chi connectivity index (χ0) is 38.7. The smallest absolute Gasteiger partial charge is 0.0696 e. The van der Waals surface area contributed by atoms with Gasteiger partial charge in [-0.1, -0.05) is 152 Å². The van der Waals surface area contributed by atoms with Gasteiger partial charge in [0, 0.05) is 41.0 Å². The molecule has 0 radical (unpaired) electrons. The van der Waals surface area contributed by atoms with E-state index in [-0.39, 0.29) is 27.2 Å². The van der Waals surface area contributed by atoms with Crippen LogP contribution < -0.4 is 0 Å². The van der Waals surface area contributed by atoms with Gasteiger partial charge in [0.15, 0.2) is 0 Å². The minimum Gasteiger partial charge on any atom is -0.392 e. The molecule has 0 saturated carbocycles. The first-order valence-corrected chi connectivity index (χ1v) is 21.4. The van der Waals surface area contributed by atoms with E-state index in [0.717, 1.165) is 55.4 Å². The second kappa shape index (κ2) is 31.8. The van der Waals surface area contributed by atoms with E-state index in [1.165, 1.54) is 61.6 Å². The van der Waals surface area contributed by atoms with Crippen LogP contribution in [0.4, 0.5) is 0 Å². The maximum absolute atomic E-state index is 9.03. The van der Waals surface area contributed by atoms with Crippen molar-refractivity contribution < 1.29 is 15.3 Å². The average Bonchev–Trinajstić information content (AvgIpc) is 3.15. The Bertz CT molecular complexity index is 1600. The molecule has 0 amide bonds. The Morgan fingerprint density at radius 2 is 1.00 bits per heavy atom. The topological polar surface area (TPSA) is 60.7 Å². The summed E-state index contributed by atoms with van der Waals surface area (Å²) in [5.41, 5.74) is 7.13. The second-order valence-electron chi connectivity index (χ2n) is 12.0. The van der Waals surface area contributed by atoms with Gasteiger partial charge in [-0.15, -0.1) is 0 Å². The minimum absolute atomic E-state index is 0. The summed E-state index contributed by atoms with van der Waals surface area (Å²) in [5.74, 6) is 6.08. The van der Waals surface area contributed by atoms with Crippen LogP contribution in [0.3, 0.4) is 0 Å². The first-order chi connectivity index (χ1) is 25.1. The lowest BCUT2D eigenvalue weighted by Crippen LogP contribution is -1.90. The zero-order valence-electron chi connectivity index (χ0n) is 30.4. The van der Waals surface area contributed by atoms with Gasteiger partial charge in [-0.3, -0.25) is 0 Å². The van der Waals surface area contributed by atoms with Crippen molar-refractivity contribution >= 4 is 84.9 Å². The number of aryl methyl sites for hydroxylation is 2. The summed E-state index contributed by atoms with van der Waals surface area (Å²) in [4.78, 5) is 0. The number of unbranched alkanes of at least 4 members (excludes halogenated alkanes) is 5. The van der Waals surface area contributed by atoms with E-state index >= 15 is 0 Å². The molecule has 4 aromatic rings. The number of hydrogen-bond donors (Lipinski definition) is 3. The molecule has 3 N–H and O–H groups in total. The summed E-state index contributed by atoms with van der Waals surface area (Å²) in [7, 11) is 0. The van der Waals surface area contributed by atoms with Crippen LogP contribution in [-0.2, 0) is 38.0 Å². The predicted octanol–water partition coefficient (Wildman–Crippen LogP) is 14.6. The maximum atomic E-state index is 9.03. The first kappa shape index (κ1) is 51.7. The predicted molar refractivity (Wildman–Crippen MR) is 244 cm³/mol. The van der Waals surface area contributed by atoms with Crippen LogP contribution in [0.25, 0.3) is 0 Å². The highest BCUT2D eigenvalue weighted by atomic mass is 127. The summed E-state index contributed by atoms with van der Waals surface area (Å²) in [6.45, 7) is 6.51. The summed E-state index contributed by atoms with van der Waals surface area (Å²) in [6.07, 6.45) is 11.8. The first-order valence-electron chi connectivity index (χ1n) is 17.7. The number of benzene rings is 4. The van der Waals surface area contributed by atoms with Gasteiger partial charge >= 0.3 is 0 Å². The molecule has 0 atom stereocenters. The van der Waals surface area contributed by atoms with Gasteiger partial charge in [-0.2, -0.15) is 0 Å². The molecule has 53 heavy (non-hydrogen) atoms. The fraction of sp³-hybridized carbons (Fsp3) is 0.409. The minimum atomic E-state index is -0.0396. The number of aliphatic hydroxyl groups is 3. The molecule has 3 nitrogen and oxygen atoms in total. The number of rotatable bonds is 13. The molecule has 0 heterocycles. The van der Waals surface area contributed by atoms with Crippen molar-refractivity contribution in [3.63, 3.8) is 0 Å². The molecule has 0 saturated heterocycles. The largest absolute Gasteiger partial charge is 0.392 e. The molecule has 0 aromatic heterocycles. The Balaban J connectivity index is 0.000000681. The van der Waals surface area contributed by atoms with Crippen LogP contribution in [0.5, 0.6) is 0 Å². The summed E-state index contributed by atoms with van der Waals surface area (Å²) in [6, 6.07) is 23.2. The van der Waals surface area contributed by atoms with E-state index in [1.54, 1.807) is 12.1 Å². The Labute approximate surface area is 362 Å². The van der Waals surface area contributed by atoms with E-state index < -0.39 is 0 Å². The number of aliphatic hydroxyl groups excluding tert-OH is 3. The molecule has 0 spiro atoms. The summed E-state index contributed by atoms with van der Waals surface area (Å²) >= 11 is 29.1. The van der Waals surface area contributed by atoms with Crippen molar-refractivity contribution in [3.05, 3.63) is 135 Å². The molecule has 0 aliphatic heterocycles. The maximum Gasteiger partial charge on any atom is 0.0696 e. The molecule has 4 aromatic carbocycles. The zero-order valence-corrected chi connectivity index (χ0v) is 37.2. The standard InChI is InChI=1S/C12H16BrCl.C12H17ClO.C12H13ClO.C7H6ClIO.CH4/c1-2-3-4-5-10-6-7-12(14)11(8-10)9-13;2*1-2-3-4-5-10-6-7-12(13)11(8-10)9-14;8-7-2-1-6(9)3-5(7)4-10;/h6-8H,2-5,9H2,1H3;6-8,14H,2-5,9H2,1H3;6-8,14H,2-3,9H2,1H3;1-3,10H,4H2;1H4. The van der Waals surface area contributed by atoms with Crippen LogP contribution >= 0.6 is 84.9 Å². The number of hydrogen-bond acceptors (Lipinski definition) is 3. The van der Waals surface area contributed by atoms with Gasteiger partial charge in [0.1, 0.15) is 0 Å². The summed E-state index contributed by atoms with van der Waals surface area (Å²) < 4.78 is 1.09. The highest BCUT2D eigenvalue weighted by Gasteiger charge is 2.02. The molecule has 292 valence electrons. The molecule has 0 unspecified atom stereocenters. The van der Waals surface area contributed by atoms with Gasteiger partial charge in [0.25, 0.3) is 0 Å². The van der Waals surface area contributed by atoms with Gasteiger partial charge in [-0.05, 0) is 137 Å². The van der Waals surface area contributed by atoms with E-state index in [4.69, 9.17) is 61.7 Å². The molecular formula is C44H56BrCl4IO3. The van der Waals surface area contributed by atoms with Gasteiger partial charge in [-0.25, -0.2) is 0 Å². The fourth-order valence-corrected chi connectivity index (χ4v) is 6.57.